The molecule has 0 N–H and O–H groups in total. The lowest BCUT2D eigenvalue weighted by atomic mass is 10.00. The van der Waals surface area contributed by atoms with Crippen molar-refractivity contribution in [3.05, 3.63) is 70.8 Å². The largest absolute Gasteiger partial charge is 0.495 e. The highest BCUT2D eigenvalue weighted by molar-refractivity contribution is 6.07. The van der Waals surface area contributed by atoms with Gasteiger partial charge in [0.1, 0.15) is 11.6 Å². The molecule has 0 atom stereocenters. The van der Waals surface area contributed by atoms with Crippen molar-refractivity contribution < 1.29 is 13.9 Å². The summed E-state index contributed by atoms with van der Waals surface area (Å²) in [6.45, 7) is 0.643. The van der Waals surface area contributed by atoms with Crippen LogP contribution in [0.2, 0.25) is 0 Å². The Hall–Kier alpha value is -3.15. The number of fused-ring (bicyclic) bond motifs is 2. The second-order valence-corrected chi connectivity index (χ2v) is 7.54. The fourth-order valence-corrected chi connectivity index (χ4v) is 4.52. The normalized spacial score (nSPS) is 15.2. The Morgan fingerprint density at radius 3 is 2.69 bits per heavy atom. The van der Waals surface area contributed by atoms with Crippen LogP contribution in [0.15, 0.2) is 42.5 Å². The van der Waals surface area contributed by atoms with Crippen LogP contribution < -0.4 is 9.64 Å². The molecule has 1 amide bonds. The molecule has 0 saturated heterocycles. The molecular weight excluding hydrogens is 369 g/mol. The van der Waals surface area contributed by atoms with Crippen molar-refractivity contribution in [2.75, 3.05) is 18.6 Å². The number of nitrogens with zero attached hydrogens (tertiary/aromatic N) is 3. The number of benzene rings is 2. The number of rotatable bonds is 3. The van der Waals surface area contributed by atoms with Gasteiger partial charge in [-0.1, -0.05) is 12.1 Å². The van der Waals surface area contributed by atoms with E-state index >= 15 is 0 Å². The average Bonchev–Trinajstić information content (AvgIpc) is 3.36. The Morgan fingerprint density at radius 1 is 1.07 bits per heavy atom. The Morgan fingerprint density at radius 2 is 1.90 bits per heavy atom. The third kappa shape index (κ3) is 2.90. The molecule has 2 aromatic carbocycles. The fourth-order valence-electron chi connectivity index (χ4n) is 4.52. The van der Waals surface area contributed by atoms with Crippen LogP contribution in [0, 0.1) is 5.82 Å². The quantitative estimate of drug-likeness (QED) is 0.675. The number of aryl methyl sites for hydroxylation is 1. The van der Waals surface area contributed by atoms with Crippen LogP contribution in [-0.2, 0) is 19.3 Å². The number of carbonyl (C=O) groups excluding carboxylic acids is 1. The first kappa shape index (κ1) is 17.9. The van der Waals surface area contributed by atoms with Crippen molar-refractivity contribution in [3.63, 3.8) is 0 Å². The van der Waals surface area contributed by atoms with Gasteiger partial charge in [-0.3, -0.25) is 4.79 Å². The summed E-state index contributed by atoms with van der Waals surface area (Å²) in [6, 6.07) is 12.2. The topological polar surface area (TPSA) is 47.4 Å². The van der Waals surface area contributed by atoms with Gasteiger partial charge in [0.15, 0.2) is 5.69 Å². The first-order valence-electron chi connectivity index (χ1n) is 10.0. The maximum Gasteiger partial charge on any atom is 0.279 e. The zero-order valence-electron chi connectivity index (χ0n) is 16.3. The van der Waals surface area contributed by atoms with Crippen LogP contribution in [-0.4, -0.2) is 29.3 Å². The number of hydrogen-bond donors (Lipinski definition) is 0. The third-order valence-corrected chi connectivity index (χ3v) is 5.85. The van der Waals surface area contributed by atoms with Crippen molar-refractivity contribution in [2.45, 2.75) is 32.1 Å². The standard InChI is InChI=1S/C23H22FN3O2/c1-29-20-9-2-5-15-6-4-14-26(22(15)20)23(28)21-18-7-3-8-19(18)27(25-21)17-12-10-16(24)11-13-17/h2,5,9-13H,3-4,6-8,14H2,1H3. The molecule has 2 heterocycles. The van der Waals surface area contributed by atoms with Crippen molar-refractivity contribution in [1.82, 2.24) is 9.78 Å². The number of para-hydroxylation sites is 1. The van der Waals surface area contributed by atoms with Gasteiger partial charge in [-0.15, -0.1) is 0 Å². The van der Waals surface area contributed by atoms with Crippen molar-refractivity contribution in [3.8, 4) is 11.4 Å². The van der Waals surface area contributed by atoms with Crippen LogP contribution >= 0.6 is 0 Å². The zero-order chi connectivity index (χ0) is 20.0. The molecule has 29 heavy (non-hydrogen) atoms. The van der Waals surface area contributed by atoms with Crippen molar-refractivity contribution in [1.29, 1.82) is 0 Å². The molecule has 6 heteroatoms. The van der Waals surface area contributed by atoms with E-state index in [4.69, 9.17) is 9.84 Å². The van der Waals surface area contributed by atoms with E-state index in [1.807, 2.05) is 21.7 Å². The molecular formula is C23H22FN3O2. The number of anilines is 1. The molecule has 0 unspecified atom stereocenters. The molecule has 5 rings (SSSR count). The summed E-state index contributed by atoms with van der Waals surface area (Å²) < 4.78 is 20.7. The molecule has 1 aliphatic carbocycles. The van der Waals surface area contributed by atoms with Gasteiger partial charge in [0.2, 0.25) is 0 Å². The first-order chi connectivity index (χ1) is 14.2. The maximum absolute atomic E-state index is 13.6. The van der Waals surface area contributed by atoms with E-state index < -0.39 is 0 Å². The van der Waals surface area contributed by atoms with E-state index in [1.165, 1.54) is 12.1 Å². The van der Waals surface area contributed by atoms with E-state index in [2.05, 4.69) is 6.07 Å². The van der Waals surface area contributed by atoms with E-state index in [9.17, 15) is 9.18 Å². The second kappa shape index (κ2) is 7.03. The Labute approximate surface area is 168 Å². The maximum atomic E-state index is 13.6. The van der Waals surface area contributed by atoms with Gasteiger partial charge in [0, 0.05) is 17.8 Å². The second-order valence-electron chi connectivity index (χ2n) is 7.54. The van der Waals surface area contributed by atoms with Gasteiger partial charge < -0.3 is 9.64 Å². The molecule has 0 bridgehead atoms. The number of hydrogen-bond acceptors (Lipinski definition) is 3. The van der Waals surface area contributed by atoms with E-state index in [-0.39, 0.29) is 11.7 Å². The number of halogens is 1. The summed E-state index contributed by atoms with van der Waals surface area (Å²) in [5, 5.41) is 4.70. The van der Waals surface area contributed by atoms with E-state index in [0.717, 1.165) is 60.3 Å². The molecule has 3 aromatic rings. The van der Waals surface area contributed by atoms with Gasteiger partial charge in [0.25, 0.3) is 5.91 Å². The number of methoxy groups -OCH3 is 1. The average molecular weight is 391 g/mol. The van der Waals surface area contributed by atoms with Gasteiger partial charge in [-0.05, 0) is 68.0 Å². The predicted molar refractivity (Wildman–Crippen MR) is 109 cm³/mol. The lowest BCUT2D eigenvalue weighted by Crippen LogP contribution is -2.36. The molecule has 148 valence electrons. The zero-order valence-corrected chi connectivity index (χ0v) is 16.3. The smallest absolute Gasteiger partial charge is 0.279 e. The Balaban J connectivity index is 1.59. The summed E-state index contributed by atoms with van der Waals surface area (Å²) in [7, 11) is 1.63. The molecule has 1 aliphatic heterocycles. The fraction of sp³-hybridized carbons (Fsp3) is 0.304. The molecule has 0 radical (unpaired) electrons. The minimum absolute atomic E-state index is 0.0885. The van der Waals surface area contributed by atoms with Gasteiger partial charge in [0.05, 0.1) is 18.5 Å². The van der Waals surface area contributed by atoms with Crippen LogP contribution in [0.1, 0.15) is 40.2 Å². The third-order valence-electron chi connectivity index (χ3n) is 5.85. The summed E-state index contributed by atoms with van der Waals surface area (Å²) in [5.74, 6) is 0.338. The van der Waals surface area contributed by atoms with Gasteiger partial charge in [-0.2, -0.15) is 5.10 Å². The van der Waals surface area contributed by atoms with Crippen LogP contribution in [0.3, 0.4) is 0 Å². The molecule has 5 nitrogen and oxygen atoms in total. The molecule has 0 fully saturated rings. The minimum atomic E-state index is -0.286. The highest BCUT2D eigenvalue weighted by atomic mass is 19.1. The SMILES string of the molecule is COc1cccc2c1N(C(=O)c1nn(-c3ccc(F)cc3)c3c1CCC3)CCC2. The molecule has 2 aliphatic rings. The molecule has 0 spiro atoms. The highest BCUT2D eigenvalue weighted by Gasteiger charge is 2.33. The van der Waals surface area contributed by atoms with Crippen LogP contribution in [0.5, 0.6) is 5.75 Å². The predicted octanol–water partition coefficient (Wildman–Crippen LogP) is 4.10. The number of carbonyl (C=O) groups is 1. The molecule has 0 saturated carbocycles. The summed E-state index contributed by atoms with van der Waals surface area (Å²) in [4.78, 5) is 15.4. The number of aromatic nitrogens is 2. The molecule has 1 aromatic heterocycles. The van der Waals surface area contributed by atoms with E-state index in [1.54, 1.807) is 19.2 Å². The van der Waals surface area contributed by atoms with Crippen molar-refractivity contribution in [2.24, 2.45) is 0 Å². The van der Waals surface area contributed by atoms with E-state index in [0.29, 0.717) is 18.0 Å². The van der Waals surface area contributed by atoms with Crippen LogP contribution in [0.25, 0.3) is 5.69 Å². The summed E-state index contributed by atoms with van der Waals surface area (Å²) >= 11 is 0. The van der Waals surface area contributed by atoms with Gasteiger partial charge in [-0.25, -0.2) is 9.07 Å². The Kier molecular flexibility index (Phi) is 4.34. The summed E-state index contributed by atoms with van der Waals surface area (Å²) in [5.41, 5.74) is 5.33. The van der Waals surface area contributed by atoms with Crippen molar-refractivity contribution >= 4 is 11.6 Å². The monoisotopic (exact) mass is 391 g/mol. The lowest BCUT2D eigenvalue weighted by Gasteiger charge is -2.30. The minimum Gasteiger partial charge on any atom is -0.495 e. The number of ether oxygens (including phenoxy) is 1. The Bertz CT molecular complexity index is 1070. The highest BCUT2D eigenvalue weighted by Crippen LogP contribution is 2.38. The summed E-state index contributed by atoms with van der Waals surface area (Å²) in [6.07, 6.45) is 4.54. The first-order valence-corrected chi connectivity index (χ1v) is 10.0. The number of amides is 1. The lowest BCUT2D eigenvalue weighted by molar-refractivity contribution is 0.0978. The van der Waals surface area contributed by atoms with Crippen LogP contribution in [0.4, 0.5) is 10.1 Å². The van der Waals surface area contributed by atoms with Gasteiger partial charge >= 0.3 is 0 Å².